The predicted octanol–water partition coefficient (Wildman–Crippen LogP) is 1.76. The summed E-state index contributed by atoms with van der Waals surface area (Å²) in [6, 6.07) is 3.83. The molecule has 0 radical (unpaired) electrons. The summed E-state index contributed by atoms with van der Waals surface area (Å²) in [5.74, 6) is 0.401. The Labute approximate surface area is 113 Å². The van der Waals surface area contributed by atoms with Gasteiger partial charge in [0.25, 0.3) is 10.0 Å². The summed E-state index contributed by atoms with van der Waals surface area (Å²) in [4.78, 5) is 0. The molecule has 1 aromatic heterocycles. The minimum atomic E-state index is -3.27. The van der Waals surface area contributed by atoms with Crippen molar-refractivity contribution in [1.82, 2.24) is 9.62 Å². The highest BCUT2D eigenvalue weighted by Gasteiger charge is 2.32. The molecule has 1 saturated heterocycles. The molecule has 6 heteroatoms. The van der Waals surface area contributed by atoms with Crippen molar-refractivity contribution in [1.29, 1.82) is 0 Å². The topological polar surface area (TPSA) is 49.4 Å². The fraction of sp³-hybridized carbons (Fsp3) is 0.667. The van der Waals surface area contributed by atoms with Crippen LogP contribution >= 0.6 is 11.3 Å². The van der Waals surface area contributed by atoms with Crippen molar-refractivity contribution in [3.05, 3.63) is 17.5 Å². The van der Waals surface area contributed by atoms with Gasteiger partial charge in [-0.25, -0.2) is 8.42 Å². The van der Waals surface area contributed by atoms with Crippen LogP contribution in [-0.4, -0.2) is 38.9 Å². The van der Waals surface area contributed by atoms with E-state index in [1.165, 1.54) is 11.3 Å². The minimum absolute atomic E-state index is 0.353. The van der Waals surface area contributed by atoms with Crippen LogP contribution in [0.3, 0.4) is 0 Å². The lowest BCUT2D eigenvalue weighted by Gasteiger charge is -2.34. The molecule has 0 amide bonds. The number of hydrogen-bond donors (Lipinski definition) is 1. The summed E-state index contributed by atoms with van der Waals surface area (Å²) in [5.41, 5.74) is 0. The molecule has 18 heavy (non-hydrogen) atoms. The number of piperidine rings is 1. The quantitative estimate of drug-likeness (QED) is 0.918. The molecule has 2 heterocycles. The highest BCUT2D eigenvalue weighted by atomic mass is 32.2. The van der Waals surface area contributed by atoms with Crippen LogP contribution in [-0.2, 0) is 10.0 Å². The first kappa shape index (κ1) is 14.0. The normalized spacial score (nSPS) is 24.0. The van der Waals surface area contributed by atoms with Crippen molar-refractivity contribution in [2.45, 2.75) is 30.0 Å². The Balaban J connectivity index is 2.14. The lowest BCUT2D eigenvalue weighted by atomic mass is 9.93. The summed E-state index contributed by atoms with van der Waals surface area (Å²) in [7, 11) is -1.34. The average Bonchev–Trinajstić information content (AvgIpc) is 2.92. The van der Waals surface area contributed by atoms with Crippen LogP contribution in [0.15, 0.2) is 21.7 Å². The summed E-state index contributed by atoms with van der Waals surface area (Å²) in [6.45, 7) is 3.39. The SMILES string of the molecule is CNC(C)C1CCCN(S(=O)(=O)c2cccs2)C1. The number of rotatable bonds is 4. The number of thiophene rings is 1. The van der Waals surface area contributed by atoms with Crippen LogP contribution in [0.5, 0.6) is 0 Å². The molecule has 2 rings (SSSR count). The third-order valence-electron chi connectivity index (χ3n) is 3.67. The summed E-state index contributed by atoms with van der Waals surface area (Å²) >= 11 is 1.29. The zero-order chi connectivity index (χ0) is 13.2. The molecule has 1 aliphatic rings. The largest absolute Gasteiger partial charge is 0.317 e. The fourth-order valence-corrected chi connectivity index (χ4v) is 5.05. The predicted molar refractivity (Wildman–Crippen MR) is 74.3 cm³/mol. The second-order valence-corrected chi connectivity index (χ2v) is 7.89. The van der Waals surface area contributed by atoms with Gasteiger partial charge in [0.05, 0.1) is 0 Å². The Kier molecular flexibility index (Phi) is 4.42. The van der Waals surface area contributed by atoms with E-state index in [1.807, 2.05) is 12.4 Å². The van der Waals surface area contributed by atoms with Gasteiger partial charge in [-0.05, 0) is 44.2 Å². The van der Waals surface area contributed by atoms with Crippen LogP contribution < -0.4 is 5.32 Å². The maximum atomic E-state index is 12.4. The van der Waals surface area contributed by atoms with Crippen molar-refractivity contribution in [3.63, 3.8) is 0 Å². The third-order valence-corrected chi connectivity index (χ3v) is 6.91. The molecule has 0 aromatic carbocycles. The molecule has 1 aromatic rings. The molecule has 1 fully saturated rings. The maximum Gasteiger partial charge on any atom is 0.252 e. The molecule has 0 bridgehead atoms. The number of nitrogens with one attached hydrogen (secondary N) is 1. The maximum absolute atomic E-state index is 12.4. The van der Waals surface area contributed by atoms with Gasteiger partial charge >= 0.3 is 0 Å². The first-order chi connectivity index (χ1) is 8.55. The standard InChI is InChI=1S/C12H20N2O2S2/c1-10(13-2)11-5-3-7-14(9-11)18(15,16)12-6-4-8-17-12/h4,6,8,10-11,13H,3,5,7,9H2,1-2H3. The number of hydrogen-bond acceptors (Lipinski definition) is 4. The zero-order valence-electron chi connectivity index (χ0n) is 10.8. The highest BCUT2D eigenvalue weighted by Crippen LogP contribution is 2.27. The number of nitrogens with zero attached hydrogens (tertiary/aromatic N) is 1. The molecular weight excluding hydrogens is 268 g/mol. The molecule has 2 unspecified atom stereocenters. The summed E-state index contributed by atoms with van der Waals surface area (Å²) in [5, 5.41) is 5.03. The number of sulfonamides is 1. The molecule has 1 N–H and O–H groups in total. The Hall–Kier alpha value is -0.430. The van der Waals surface area contributed by atoms with Gasteiger partial charge in [-0.3, -0.25) is 0 Å². The first-order valence-electron chi connectivity index (χ1n) is 6.26. The highest BCUT2D eigenvalue weighted by molar-refractivity contribution is 7.91. The molecule has 102 valence electrons. The van der Waals surface area contributed by atoms with Gasteiger partial charge in [-0.2, -0.15) is 4.31 Å². The molecule has 1 aliphatic heterocycles. The molecule has 0 saturated carbocycles. The lowest BCUT2D eigenvalue weighted by Crippen LogP contribution is -2.45. The molecule has 0 aliphatic carbocycles. The van der Waals surface area contributed by atoms with Crippen LogP contribution in [0.4, 0.5) is 0 Å². The molecular formula is C12H20N2O2S2. The Bertz CT molecular complexity index is 470. The second-order valence-electron chi connectivity index (χ2n) is 4.77. The molecule has 0 spiro atoms. The monoisotopic (exact) mass is 288 g/mol. The van der Waals surface area contributed by atoms with E-state index in [-0.39, 0.29) is 0 Å². The smallest absolute Gasteiger partial charge is 0.252 e. The first-order valence-corrected chi connectivity index (χ1v) is 8.58. The van der Waals surface area contributed by atoms with Crippen molar-refractivity contribution in [2.24, 2.45) is 5.92 Å². The van der Waals surface area contributed by atoms with Gasteiger partial charge in [-0.15, -0.1) is 11.3 Å². The fourth-order valence-electron chi connectivity index (χ4n) is 2.37. The minimum Gasteiger partial charge on any atom is -0.317 e. The van der Waals surface area contributed by atoms with E-state index in [1.54, 1.807) is 16.4 Å². The second kappa shape index (κ2) is 5.69. The van der Waals surface area contributed by atoms with E-state index >= 15 is 0 Å². The van der Waals surface area contributed by atoms with Gasteiger partial charge in [0.1, 0.15) is 4.21 Å². The van der Waals surface area contributed by atoms with Gasteiger partial charge in [0.15, 0.2) is 0 Å². The van der Waals surface area contributed by atoms with E-state index in [0.29, 0.717) is 29.3 Å². The average molecular weight is 288 g/mol. The molecule has 2 atom stereocenters. The van der Waals surface area contributed by atoms with Crippen LogP contribution in [0, 0.1) is 5.92 Å². The zero-order valence-corrected chi connectivity index (χ0v) is 12.4. The Morgan fingerprint density at radius 2 is 2.33 bits per heavy atom. The molecule has 4 nitrogen and oxygen atoms in total. The van der Waals surface area contributed by atoms with E-state index in [0.717, 1.165) is 12.8 Å². The Morgan fingerprint density at radius 1 is 1.56 bits per heavy atom. The van der Waals surface area contributed by atoms with Gasteiger partial charge < -0.3 is 5.32 Å². The van der Waals surface area contributed by atoms with Crippen molar-refractivity contribution < 1.29 is 8.42 Å². The van der Waals surface area contributed by atoms with E-state index < -0.39 is 10.0 Å². The van der Waals surface area contributed by atoms with Gasteiger partial charge in [0.2, 0.25) is 0 Å². The van der Waals surface area contributed by atoms with Crippen LogP contribution in [0.1, 0.15) is 19.8 Å². The third kappa shape index (κ3) is 2.77. The van der Waals surface area contributed by atoms with Crippen molar-refractivity contribution >= 4 is 21.4 Å². The summed E-state index contributed by atoms with van der Waals surface area (Å²) < 4.78 is 26.9. The Morgan fingerprint density at radius 3 is 2.94 bits per heavy atom. The van der Waals surface area contributed by atoms with E-state index in [4.69, 9.17) is 0 Å². The summed E-state index contributed by atoms with van der Waals surface area (Å²) in [6.07, 6.45) is 2.04. The van der Waals surface area contributed by atoms with Gasteiger partial charge in [-0.1, -0.05) is 6.07 Å². The van der Waals surface area contributed by atoms with Crippen LogP contribution in [0.2, 0.25) is 0 Å². The van der Waals surface area contributed by atoms with Crippen molar-refractivity contribution in [3.8, 4) is 0 Å². The van der Waals surface area contributed by atoms with E-state index in [9.17, 15) is 8.42 Å². The lowest BCUT2D eigenvalue weighted by molar-refractivity contribution is 0.229. The van der Waals surface area contributed by atoms with Crippen LogP contribution in [0.25, 0.3) is 0 Å². The van der Waals surface area contributed by atoms with E-state index in [2.05, 4.69) is 12.2 Å². The van der Waals surface area contributed by atoms with Crippen molar-refractivity contribution in [2.75, 3.05) is 20.1 Å². The van der Waals surface area contributed by atoms with Gasteiger partial charge in [0, 0.05) is 19.1 Å².